The summed E-state index contributed by atoms with van der Waals surface area (Å²) in [7, 11) is 3.42. The van der Waals surface area contributed by atoms with E-state index in [0.717, 1.165) is 11.3 Å². The number of thioether (sulfide) groups is 1. The van der Waals surface area contributed by atoms with Crippen molar-refractivity contribution < 1.29 is 14.3 Å². The maximum absolute atomic E-state index is 11.8. The Hall–Kier alpha value is -2.81. The van der Waals surface area contributed by atoms with E-state index in [9.17, 15) is 9.59 Å². The lowest BCUT2D eigenvalue weighted by Crippen LogP contribution is -2.40. The van der Waals surface area contributed by atoms with Crippen molar-refractivity contribution in [3.63, 3.8) is 0 Å². The molecule has 0 saturated heterocycles. The van der Waals surface area contributed by atoms with Crippen LogP contribution in [0.1, 0.15) is 0 Å². The van der Waals surface area contributed by atoms with Gasteiger partial charge in [-0.1, -0.05) is 17.8 Å². The Labute approximate surface area is 149 Å². The third-order valence-electron chi connectivity index (χ3n) is 3.18. The summed E-state index contributed by atoms with van der Waals surface area (Å²) in [5, 5.41) is 13.5. The molecule has 0 aliphatic heterocycles. The van der Waals surface area contributed by atoms with Crippen LogP contribution in [-0.4, -0.2) is 46.1 Å². The third kappa shape index (κ3) is 5.08. The molecule has 3 amide bonds. The molecule has 132 valence electrons. The summed E-state index contributed by atoms with van der Waals surface area (Å²) in [5.41, 5.74) is 0.885. The molecule has 9 heteroatoms. The number of aromatic nitrogens is 3. The first kappa shape index (κ1) is 18.5. The van der Waals surface area contributed by atoms with Gasteiger partial charge >= 0.3 is 6.03 Å². The minimum atomic E-state index is -0.553. The Kier molecular flexibility index (Phi) is 6.58. The van der Waals surface area contributed by atoms with Crippen LogP contribution in [0.25, 0.3) is 11.4 Å². The van der Waals surface area contributed by atoms with Gasteiger partial charge in [0, 0.05) is 19.2 Å². The second kappa shape index (κ2) is 8.88. The zero-order chi connectivity index (χ0) is 18.2. The Morgan fingerprint density at radius 3 is 2.68 bits per heavy atom. The summed E-state index contributed by atoms with van der Waals surface area (Å²) >= 11 is 1.20. The van der Waals surface area contributed by atoms with Gasteiger partial charge in [-0.3, -0.25) is 10.1 Å². The maximum atomic E-state index is 11.8. The summed E-state index contributed by atoms with van der Waals surface area (Å²) in [5.74, 6) is 1.07. The Morgan fingerprint density at radius 1 is 1.32 bits per heavy atom. The molecule has 0 fully saturated rings. The molecule has 1 heterocycles. The van der Waals surface area contributed by atoms with Gasteiger partial charge in [-0.2, -0.15) is 0 Å². The van der Waals surface area contributed by atoms with Crippen LogP contribution in [0, 0.1) is 0 Å². The van der Waals surface area contributed by atoms with E-state index in [-0.39, 0.29) is 5.75 Å². The molecule has 0 bridgehead atoms. The largest absolute Gasteiger partial charge is 0.497 e. The van der Waals surface area contributed by atoms with Gasteiger partial charge in [-0.15, -0.1) is 16.8 Å². The fourth-order valence-electron chi connectivity index (χ4n) is 1.93. The number of hydrogen-bond donors (Lipinski definition) is 2. The molecule has 0 aliphatic rings. The van der Waals surface area contributed by atoms with Crippen molar-refractivity contribution in [1.82, 2.24) is 25.4 Å². The van der Waals surface area contributed by atoms with Crippen LogP contribution < -0.4 is 15.4 Å². The summed E-state index contributed by atoms with van der Waals surface area (Å²) in [6.45, 7) is 3.77. The predicted octanol–water partition coefficient (Wildman–Crippen LogP) is 1.59. The zero-order valence-corrected chi connectivity index (χ0v) is 14.8. The van der Waals surface area contributed by atoms with Crippen molar-refractivity contribution >= 4 is 23.7 Å². The van der Waals surface area contributed by atoms with E-state index in [4.69, 9.17) is 4.74 Å². The topological polar surface area (TPSA) is 98.1 Å². The van der Waals surface area contributed by atoms with Gasteiger partial charge in [0.05, 0.1) is 12.9 Å². The minimum Gasteiger partial charge on any atom is -0.497 e. The van der Waals surface area contributed by atoms with Gasteiger partial charge in [-0.25, -0.2) is 4.79 Å². The fraction of sp³-hybridized carbons (Fsp3) is 0.250. The number of benzene rings is 1. The van der Waals surface area contributed by atoms with Crippen molar-refractivity contribution in [2.75, 3.05) is 19.4 Å². The van der Waals surface area contributed by atoms with Gasteiger partial charge < -0.3 is 14.6 Å². The summed E-state index contributed by atoms with van der Waals surface area (Å²) in [6.07, 6.45) is 1.53. The highest BCUT2D eigenvalue weighted by molar-refractivity contribution is 7.99. The minimum absolute atomic E-state index is 0.0517. The molecular formula is C16H19N5O3S. The maximum Gasteiger partial charge on any atom is 0.321 e. The number of nitrogens with one attached hydrogen (secondary N) is 2. The zero-order valence-electron chi connectivity index (χ0n) is 14.0. The van der Waals surface area contributed by atoms with E-state index in [1.807, 2.05) is 31.3 Å². The molecule has 25 heavy (non-hydrogen) atoms. The van der Waals surface area contributed by atoms with E-state index in [1.165, 1.54) is 17.8 Å². The molecular weight excluding hydrogens is 342 g/mol. The first-order chi connectivity index (χ1) is 12.0. The highest BCUT2D eigenvalue weighted by Crippen LogP contribution is 2.24. The van der Waals surface area contributed by atoms with Crippen LogP contribution in [0.2, 0.25) is 0 Å². The number of nitrogens with zero attached hydrogens (tertiary/aromatic N) is 3. The Balaban J connectivity index is 1.95. The van der Waals surface area contributed by atoms with Crippen molar-refractivity contribution in [2.24, 2.45) is 7.05 Å². The molecule has 1 aromatic heterocycles. The molecule has 0 saturated carbocycles. The van der Waals surface area contributed by atoms with Crippen LogP contribution in [0.15, 0.2) is 42.1 Å². The molecule has 0 aliphatic carbocycles. The standard InChI is InChI=1S/C16H19N5O3S/c1-4-9-17-15(23)18-13(22)10-25-16-20-19-14(21(16)2)11-5-7-12(24-3)8-6-11/h4-8H,1,9-10H2,2-3H3,(H2,17,18,22,23). The first-order valence-corrected chi connectivity index (χ1v) is 8.39. The predicted molar refractivity (Wildman–Crippen MR) is 95.5 cm³/mol. The fourth-order valence-corrected chi connectivity index (χ4v) is 2.64. The molecule has 0 radical (unpaired) electrons. The van der Waals surface area contributed by atoms with Crippen LogP contribution in [0.3, 0.4) is 0 Å². The lowest BCUT2D eigenvalue weighted by atomic mass is 10.2. The SMILES string of the molecule is C=CCNC(=O)NC(=O)CSc1nnc(-c2ccc(OC)cc2)n1C. The average Bonchev–Trinajstić information content (AvgIpc) is 2.99. The van der Waals surface area contributed by atoms with Gasteiger partial charge in [0.25, 0.3) is 0 Å². The molecule has 0 spiro atoms. The van der Waals surface area contributed by atoms with Crippen LogP contribution >= 0.6 is 11.8 Å². The second-order valence-corrected chi connectivity index (χ2v) is 5.87. The molecule has 2 rings (SSSR count). The number of amides is 3. The van der Waals surface area contributed by atoms with Gasteiger partial charge in [-0.05, 0) is 24.3 Å². The third-order valence-corrected chi connectivity index (χ3v) is 4.20. The highest BCUT2D eigenvalue weighted by Gasteiger charge is 2.14. The van der Waals surface area contributed by atoms with Crippen LogP contribution in [0.5, 0.6) is 5.75 Å². The van der Waals surface area contributed by atoms with Crippen molar-refractivity contribution in [3.8, 4) is 17.1 Å². The van der Waals surface area contributed by atoms with E-state index in [2.05, 4.69) is 27.4 Å². The Morgan fingerprint density at radius 2 is 2.04 bits per heavy atom. The second-order valence-electron chi connectivity index (χ2n) is 4.93. The van der Waals surface area contributed by atoms with Crippen LogP contribution in [-0.2, 0) is 11.8 Å². The normalized spacial score (nSPS) is 10.2. The van der Waals surface area contributed by atoms with Crippen LogP contribution in [0.4, 0.5) is 4.79 Å². The number of methoxy groups -OCH3 is 1. The van der Waals surface area contributed by atoms with Crippen molar-refractivity contribution in [3.05, 3.63) is 36.9 Å². The molecule has 0 atom stereocenters. The average molecular weight is 361 g/mol. The number of carbonyl (C=O) groups is 2. The van der Waals surface area contributed by atoms with E-state index in [1.54, 1.807) is 11.7 Å². The van der Waals surface area contributed by atoms with Gasteiger partial charge in [0.1, 0.15) is 5.75 Å². The van der Waals surface area contributed by atoms with E-state index >= 15 is 0 Å². The lowest BCUT2D eigenvalue weighted by Gasteiger charge is -2.06. The molecule has 2 aromatic rings. The molecule has 1 aromatic carbocycles. The monoisotopic (exact) mass is 361 g/mol. The Bertz CT molecular complexity index is 758. The van der Waals surface area contributed by atoms with Gasteiger partial charge in [0.15, 0.2) is 11.0 Å². The summed E-state index contributed by atoms with van der Waals surface area (Å²) < 4.78 is 6.92. The summed E-state index contributed by atoms with van der Waals surface area (Å²) in [6, 6.07) is 6.89. The number of hydrogen-bond acceptors (Lipinski definition) is 6. The lowest BCUT2D eigenvalue weighted by molar-refractivity contribution is -0.117. The van der Waals surface area contributed by atoms with Gasteiger partial charge in [0.2, 0.25) is 5.91 Å². The highest BCUT2D eigenvalue weighted by atomic mass is 32.2. The molecule has 8 nitrogen and oxygen atoms in total. The molecule has 2 N–H and O–H groups in total. The smallest absolute Gasteiger partial charge is 0.321 e. The first-order valence-electron chi connectivity index (χ1n) is 7.40. The summed E-state index contributed by atoms with van der Waals surface area (Å²) in [4.78, 5) is 23.1. The van der Waals surface area contributed by atoms with Crippen molar-refractivity contribution in [2.45, 2.75) is 5.16 Å². The van der Waals surface area contributed by atoms with E-state index in [0.29, 0.717) is 17.5 Å². The van der Waals surface area contributed by atoms with Crippen molar-refractivity contribution in [1.29, 1.82) is 0 Å². The number of rotatable bonds is 7. The number of urea groups is 1. The van der Waals surface area contributed by atoms with E-state index < -0.39 is 11.9 Å². The number of imide groups is 1. The number of ether oxygens (including phenoxy) is 1. The molecule has 0 unspecified atom stereocenters. The quantitative estimate of drug-likeness (QED) is 0.574. The number of carbonyl (C=O) groups excluding carboxylic acids is 2.